The summed E-state index contributed by atoms with van der Waals surface area (Å²) in [6.07, 6.45) is 7.61. The summed E-state index contributed by atoms with van der Waals surface area (Å²) < 4.78 is 0. The fourth-order valence-electron chi connectivity index (χ4n) is 6.61. The van der Waals surface area contributed by atoms with Gasteiger partial charge in [0.1, 0.15) is 0 Å². The lowest BCUT2D eigenvalue weighted by molar-refractivity contribution is -0.127. The van der Waals surface area contributed by atoms with Crippen molar-refractivity contribution < 1.29 is 9.59 Å². The van der Waals surface area contributed by atoms with Crippen molar-refractivity contribution in [1.29, 1.82) is 0 Å². The molecule has 4 fully saturated rings. The molecule has 0 aromatic heterocycles. The largest absolute Gasteiger partial charge is 0.351 e. The Labute approximate surface area is 188 Å². The number of benzene rings is 2. The van der Waals surface area contributed by atoms with Crippen LogP contribution in [0, 0.1) is 17.8 Å². The smallest absolute Gasteiger partial charge is 0.253 e. The topological polar surface area (TPSA) is 58.2 Å². The highest BCUT2D eigenvalue weighted by Gasteiger charge is 2.51. The van der Waals surface area contributed by atoms with Crippen molar-refractivity contribution in [2.45, 2.75) is 56.5 Å². The van der Waals surface area contributed by atoms with Crippen LogP contribution in [0.4, 0.5) is 0 Å². The number of carbonyl (C=O) groups is 2. The van der Waals surface area contributed by atoms with Crippen molar-refractivity contribution in [3.63, 3.8) is 0 Å². The van der Waals surface area contributed by atoms with E-state index in [1.165, 1.54) is 19.3 Å². The lowest BCUT2D eigenvalue weighted by atomic mass is 9.53. The molecule has 4 nitrogen and oxygen atoms in total. The molecule has 2 aromatic carbocycles. The molecule has 0 aliphatic heterocycles. The Morgan fingerprint density at radius 3 is 2.10 bits per heavy atom. The van der Waals surface area contributed by atoms with E-state index in [4.69, 9.17) is 11.6 Å². The van der Waals surface area contributed by atoms with Gasteiger partial charge in [-0.05, 0) is 74.0 Å². The highest BCUT2D eigenvalue weighted by molar-refractivity contribution is 6.33. The van der Waals surface area contributed by atoms with Crippen molar-refractivity contribution in [3.05, 3.63) is 70.7 Å². The van der Waals surface area contributed by atoms with Gasteiger partial charge in [-0.15, -0.1) is 0 Å². The molecule has 31 heavy (non-hydrogen) atoms. The van der Waals surface area contributed by atoms with Gasteiger partial charge >= 0.3 is 0 Å². The van der Waals surface area contributed by atoms with Crippen molar-refractivity contribution in [3.8, 4) is 0 Å². The van der Waals surface area contributed by atoms with E-state index in [-0.39, 0.29) is 23.8 Å². The first kappa shape index (κ1) is 20.6. The molecule has 0 unspecified atom stereocenters. The highest BCUT2D eigenvalue weighted by Crippen LogP contribution is 2.55. The van der Waals surface area contributed by atoms with E-state index in [2.05, 4.69) is 10.6 Å². The summed E-state index contributed by atoms with van der Waals surface area (Å²) in [6, 6.07) is 16.3. The first-order valence-electron chi connectivity index (χ1n) is 11.4. The van der Waals surface area contributed by atoms with E-state index in [0.717, 1.165) is 42.6 Å². The molecule has 2 N–H and O–H groups in total. The maximum absolute atomic E-state index is 13.2. The SMILES string of the molecule is O=C(C[C@@H](NC(=O)c1ccccc1Cl)c1ccccc1)NC12CC3CC(CC(C3)C1)C2. The maximum atomic E-state index is 13.2. The van der Waals surface area contributed by atoms with Gasteiger partial charge in [-0.25, -0.2) is 0 Å². The quantitative estimate of drug-likeness (QED) is 0.646. The zero-order valence-electron chi connectivity index (χ0n) is 17.6. The monoisotopic (exact) mass is 436 g/mol. The van der Waals surface area contributed by atoms with E-state index < -0.39 is 6.04 Å². The van der Waals surface area contributed by atoms with E-state index in [0.29, 0.717) is 10.6 Å². The van der Waals surface area contributed by atoms with E-state index in [1.54, 1.807) is 24.3 Å². The highest BCUT2D eigenvalue weighted by atomic mass is 35.5. The Hall–Kier alpha value is -2.33. The first-order chi connectivity index (χ1) is 15.0. The third kappa shape index (κ3) is 4.36. The molecule has 0 saturated heterocycles. The van der Waals surface area contributed by atoms with Gasteiger partial charge in [0.05, 0.1) is 23.0 Å². The standard InChI is InChI=1S/C26H29ClN2O2/c27-22-9-5-4-8-21(22)25(31)28-23(20-6-2-1-3-7-20)13-24(30)29-26-14-17-10-18(15-26)12-19(11-17)16-26/h1-9,17-19,23H,10-16H2,(H,28,31)(H,29,30)/t17?,18?,19?,23-,26?/m1/s1. The Balaban J connectivity index is 1.31. The first-order valence-corrected chi connectivity index (χ1v) is 11.8. The zero-order valence-corrected chi connectivity index (χ0v) is 18.4. The van der Waals surface area contributed by atoms with E-state index in [9.17, 15) is 9.59 Å². The Morgan fingerprint density at radius 2 is 1.48 bits per heavy atom. The minimum Gasteiger partial charge on any atom is -0.351 e. The van der Waals surface area contributed by atoms with Gasteiger partial charge in [0, 0.05) is 5.54 Å². The molecule has 4 bridgehead atoms. The molecular formula is C26H29ClN2O2. The second kappa shape index (κ2) is 8.31. The zero-order chi connectivity index (χ0) is 21.4. The van der Waals surface area contributed by atoms with Gasteiger partial charge in [0.2, 0.25) is 5.91 Å². The van der Waals surface area contributed by atoms with Crippen molar-refractivity contribution in [2.24, 2.45) is 17.8 Å². The molecule has 4 saturated carbocycles. The molecule has 0 radical (unpaired) electrons. The second-order valence-electron chi connectivity index (χ2n) is 9.87. The van der Waals surface area contributed by atoms with Crippen molar-refractivity contribution >= 4 is 23.4 Å². The summed E-state index contributed by atoms with van der Waals surface area (Å²) >= 11 is 6.22. The van der Waals surface area contributed by atoms with Crippen LogP contribution in [0.5, 0.6) is 0 Å². The molecule has 2 amide bonds. The molecule has 5 heteroatoms. The van der Waals surface area contributed by atoms with Crippen LogP contribution in [0.2, 0.25) is 5.02 Å². The Kier molecular flexibility index (Phi) is 5.51. The predicted octanol–water partition coefficient (Wildman–Crippen LogP) is 5.29. The number of rotatable bonds is 6. The number of nitrogens with one attached hydrogen (secondary N) is 2. The number of hydrogen-bond donors (Lipinski definition) is 2. The van der Waals surface area contributed by atoms with Gasteiger partial charge in [0.25, 0.3) is 5.91 Å². The lowest BCUT2D eigenvalue weighted by Gasteiger charge is -2.57. The van der Waals surface area contributed by atoms with Gasteiger partial charge in [-0.2, -0.15) is 0 Å². The van der Waals surface area contributed by atoms with E-state index >= 15 is 0 Å². The third-order valence-corrected chi connectivity index (χ3v) is 7.79. The average molecular weight is 437 g/mol. The Bertz CT molecular complexity index is 939. The molecule has 1 atom stereocenters. The normalized spacial score (nSPS) is 29.4. The third-order valence-electron chi connectivity index (χ3n) is 7.46. The summed E-state index contributed by atoms with van der Waals surface area (Å²) in [5, 5.41) is 6.89. The summed E-state index contributed by atoms with van der Waals surface area (Å²) in [5.74, 6) is 2.08. The number of amides is 2. The van der Waals surface area contributed by atoms with Gasteiger partial charge < -0.3 is 10.6 Å². The summed E-state index contributed by atoms with van der Waals surface area (Å²) in [6.45, 7) is 0. The van der Waals surface area contributed by atoms with Crippen LogP contribution < -0.4 is 10.6 Å². The van der Waals surface area contributed by atoms with Crippen LogP contribution in [0.25, 0.3) is 0 Å². The molecule has 0 spiro atoms. The van der Waals surface area contributed by atoms with Gasteiger partial charge in [-0.3, -0.25) is 9.59 Å². The summed E-state index contributed by atoms with van der Waals surface area (Å²) in [7, 11) is 0. The number of hydrogen-bond acceptors (Lipinski definition) is 2. The van der Waals surface area contributed by atoms with Crippen LogP contribution in [0.3, 0.4) is 0 Å². The molecule has 0 heterocycles. The predicted molar refractivity (Wildman–Crippen MR) is 122 cm³/mol. The van der Waals surface area contributed by atoms with Crippen LogP contribution in [0.15, 0.2) is 54.6 Å². The fourth-order valence-corrected chi connectivity index (χ4v) is 6.84. The summed E-state index contributed by atoms with van der Waals surface area (Å²) in [4.78, 5) is 26.1. The van der Waals surface area contributed by atoms with Crippen LogP contribution >= 0.6 is 11.6 Å². The van der Waals surface area contributed by atoms with Gasteiger partial charge in [0.15, 0.2) is 0 Å². The van der Waals surface area contributed by atoms with Crippen LogP contribution in [-0.2, 0) is 4.79 Å². The minimum atomic E-state index is -0.404. The van der Waals surface area contributed by atoms with Crippen molar-refractivity contribution in [1.82, 2.24) is 10.6 Å². The number of halogens is 1. The van der Waals surface area contributed by atoms with Crippen LogP contribution in [-0.4, -0.2) is 17.4 Å². The lowest BCUT2D eigenvalue weighted by Crippen LogP contribution is -2.60. The minimum absolute atomic E-state index is 0.0234. The number of carbonyl (C=O) groups excluding carboxylic acids is 2. The fraction of sp³-hybridized carbons (Fsp3) is 0.462. The molecular weight excluding hydrogens is 408 g/mol. The maximum Gasteiger partial charge on any atom is 0.253 e. The molecule has 4 aliphatic carbocycles. The van der Waals surface area contributed by atoms with Crippen LogP contribution in [0.1, 0.15) is 66.9 Å². The Morgan fingerprint density at radius 1 is 0.903 bits per heavy atom. The molecule has 2 aromatic rings. The van der Waals surface area contributed by atoms with E-state index in [1.807, 2.05) is 30.3 Å². The van der Waals surface area contributed by atoms with Crippen molar-refractivity contribution in [2.75, 3.05) is 0 Å². The second-order valence-corrected chi connectivity index (χ2v) is 10.3. The molecule has 6 rings (SSSR count). The molecule has 162 valence electrons. The average Bonchev–Trinajstić information content (AvgIpc) is 2.72. The molecule has 4 aliphatic rings. The van der Waals surface area contributed by atoms with Gasteiger partial charge in [-0.1, -0.05) is 54.1 Å². The summed E-state index contributed by atoms with van der Waals surface area (Å²) in [5.41, 5.74) is 1.31.